The lowest BCUT2D eigenvalue weighted by atomic mass is 10.3. The van der Waals surface area contributed by atoms with E-state index in [9.17, 15) is 4.79 Å². The third-order valence-electron chi connectivity index (χ3n) is 2.27. The van der Waals surface area contributed by atoms with Crippen molar-refractivity contribution in [1.29, 1.82) is 5.26 Å². The van der Waals surface area contributed by atoms with Crippen LogP contribution in [0.15, 0.2) is 23.1 Å². The molecule has 0 radical (unpaired) electrons. The number of imidazole rings is 1. The van der Waals surface area contributed by atoms with Crippen molar-refractivity contribution in [3.05, 3.63) is 45.2 Å². The third kappa shape index (κ3) is 2.14. The quantitative estimate of drug-likeness (QED) is 0.766. The molecule has 0 amide bonds. The summed E-state index contributed by atoms with van der Waals surface area (Å²) >= 11 is 5.65. The van der Waals surface area contributed by atoms with Crippen LogP contribution in [0.4, 0.5) is 5.82 Å². The molecule has 0 unspecified atom stereocenters. The molecule has 2 aromatic rings. The molecule has 0 bridgehead atoms. The van der Waals surface area contributed by atoms with Gasteiger partial charge >= 0.3 is 5.69 Å². The number of hydrogen-bond donors (Lipinski definition) is 2. The smallest absolute Gasteiger partial charge is 0.328 e. The number of H-pyrrole nitrogens is 1. The second-order valence-electron chi connectivity index (χ2n) is 3.38. The highest BCUT2D eigenvalue weighted by Gasteiger charge is 2.10. The molecule has 0 atom stereocenters. The summed E-state index contributed by atoms with van der Waals surface area (Å²) in [5, 5.41) is 9.09. The first-order valence-electron chi connectivity index (χ1n) is 4.70. The molecule has 0 saturated heterocycles. The van der Waals surface area contributed by atoms with Gasteiger partial charge in [0, 0.05) is 6.20 Å². The number of rotatable bonds is 2. The fourth-order valence-corrected chi connectivity index (χ4v) is 1.52. The summed E-state index contributed by atoms with van der Waals surface area (Å²) in [7, 11) is 0. The number of halogens is 1. The van der Waals surface area contributed by atoms with Gasteiger partial charge in [0.05, 0.1) is 6.54 Å². The Hall–Kier alpha value is -2.26. The Balaban J connectivity index is 2.37. The Bertz CT molecular complexity index is 634. The van der Waals surface area contributed by atoms with Crippen molar-refractivity contribution < 1.29 is 0 Å². The van der Waals surface area contributed by atoms with E-state index in [1.54, 1.807) is 18.3 Å². The van der Waals surface area contributed by atoms with Gasteiger partial charge in [0.1, 0.15) is 17.0 Å². The van der Waals surface area contributed by atoms with Crippen LogP contribution in [0.1, 0.15) is 11.3 Å². The van der Waals surface area contributed by atoms with Gasteiger partial charge in [-0.2, -0.15) is 5.26 Å². The molecule has 0 aromatic carbocycles. The van der Waals surface area contributed by atoms with Crippen molar-refractivity contribution in [1.82, 2.24) is 14.5 Å². The minimum atomic E-state index is -0.422. The molecule has 6 nitrogen and oxygen atoms in total. The number of hydrogen-bond acceptors (Lipinski definition) is 4. The first-order chi connectivity index (χ1) is 8.11. The highest BCUT2D eigenvalue weighted by Crippen LogP contribution is 2.10. The van der Waals surface area contributed by atoms with E-state index >= 15 is 0 Å². The van der Waals surface area contributed by atoms with Gasteiger partial charge in [0.15, 0.2) is 5.69 Å². The summed E-state index contributed by atoms with van der Waals surface area (Å²) in [5.74, 6) is 0.118. The first-order valence-corrected chi connectivity index (χ1v) is 5.08. The average Bonchev–Trinajstić information content (AvgIpc) is 2.59. The largest absolute Gasteiger partial charge is 0.383 e. The highest BCUT2D eigenvalue weighted by atomic mass is 35.5. The summed E-state index contributed by atoms with van der Waals surface area (Å²) in [5.41, 5.74) is 6.07. The van der Waals surface area contributed by atoms with Gasteiger partial charge in [0.2, 0.25) is 0 Å². The molecule has 86 valence electrons. The Kier molecular flexibility index (Phi) is 2.85. The normalized spacial score (nSPS) is 10.1. The molecule has 0 saturated carbocycles. The second kappa shape index (κ2) is 4.31. The van der Waals surface area contributed by atoms with Crippen LogP contribution in [0.5, 0.6) is 0 Å². The lowest BCUT2D eigenvalue weighted by Gasteiger charge is -2.03. The summed E-state index contributed by atoms with van der Waals surface area (Å²) in [6, 6.07) is 5.17. The zero-order chi connectivity index (χ0) is 12.4. The fraction of sp³-hybridized carbons (Fsp3) is 0.100. The molecular weight excluding hydrogens is 242 g/mol. The van der Waals surface area contributed by atoms with E-state index < -0.39 is 5.69 Å². The molecule has 0 aliphatic heterocycles. The van der Waals surface area contributed by atoms with Gasteiger partial charge in [-0.15, -0.1) is 0 Å². The summed E-state index contributed by atoms with van der Waals surface area (Å²) in [4.78, 5) is 17.8. The predicted octanol–water partition coefficient (Wildman–Crippen LogP) is 0.727. The van der Waals surface area contributed by atoms with Gasteiger partial charge in [-0.3, -0.25) is 9.55 Å². The number of nitrogens with one attached hydrogen (secondary N) is 1. The number of nitrogen functional groups attached to an aromatic ring is 1. The van der Waals surface area contributed by atoms with Gasteiger partial charge < -0.3 is 5.73 Å². The number of aromatic amines is 1. The van der Waals surface area contributed by atoms with E-state index in [2.05, 4.69) is 9.97 Å². The molecule has 0 fully saturated rings. The van der Waals surface area contributed by atoms with Crippen LogP contribution in [-0.4, -0.2) is 14.5 Å². The van der Waals surface area contributed by atoms with Crippen LogP contribution in [0.3, 0.4) is 0 Å². The van der Waals surface area contributed by atoms with Crippen molar-refractivity contribution in [2.24, 2.45) is 0 Å². The highest BCUT2D eigenvalue weighted by molar-refractivity contribution is 6.29. The lowest BCUT2D eigenvalue weighted by Crippen LogP contribution is -2.19. The summed E-state index contributed by atoms with van der Waals surface area (Å²) < 4.78 is 1.27. The van der Waals surface area contributed by atoms with Crippen molar-refractivity contribution in [3.8, 4) is 6.07 Å². The van der Waals surface area contributed by atoms with Crippen LogP contribution in [-0.2, 0) is 6.54 Å². The van der Waals surface area contributed by atoms with Crippen LogP contribution >= 0.6 is 11.6 Å². The van der Waals surface area contributed by atoms with E-state index in [0.29, 0.717) is 5.15 Å². The van der Waals surface area contributed by atoms with E-state index in [4.69, 9.17) is 22.6 Å². The molecule has 0 aliphatic carbocycles. The number of nitrogens with zero attached hydrogens (tertiary/aromatic N) is 3. The zero-order valence-electron chi connectivity index (χ0n) is 8.64. The van der Waals surface area contributed by atoms with E-state index in [0.717, 1.165) is 5.56 Å². The Morgan fingerprint density at radius 2 is 2.35 bits per heavy atom. The molecule has 7 heteroatoms. The predicted molar refractivity (Wildman–Crippen MR) is 62.5 cm³/mol. The average molecular weight is 250 g/mol. The van der Waals surface area contributed by atoms with Crippen molar-refractivity contribution in [2.75, 3.05) is 5.73 Å². The van der Waals surface area contributed by atoms with Gasteiger partial charge in [-0.25, -0.2) is 9.78 Å². The molecule has 2 heterocycles. The maximum absolute atomic E-state index is 11.5. The van der Waals surface area contributed by atoms with Crippen molar-refractivity contribution >= 4 is 17.4 Å². The fourth-order valence-electron chi connectivity index (χ4n) is 1.41. The minimum Gasteiger partial charge on any atom is -0.383 e. The molecule has 0 spiro atoms. The van der Waals surface area contributed by atoms with Gasteiger partial charge in [-0.05, 0) is 11.6 Å². The molecule has 2 rings (SSSR count). The van der Waals surface area contributed by atoms with E-state index in [1.807, 2.05) is 6.07 Å². The number of aromatic nitrogens is 3. The van der Waals surface area contributed by atoms with Crippen LogP contribution in [0.2, 0.25) is 5.15 Å². The van der Waals surface area contributed by atoms with Crippen LogP contribution in [0, 0.1) is 11.3 Å². The summed E-state index contributed by atoms with van der Waals surface area (Å²) in [6.45, 7) is 0.243. The number of anilines is 1. The Morgan fingerprint density at radius 3 is 2.88 bits per heavy atom. The van der Waals surface area contributed by atoms with Gasteiger partial charge in [-0.1, -0.05) is 17.7 Å². The Labute approximate surface area is 101 Å². The minimum absolute atomic E-state index is 0.0666. The Morgan fingerprint density at radius 1 is 1.59 bits per heavy atom. The standard InChI is InChI=1S/C10H8ClN5O/c11-8-2-1-6(4-14-8)5-16-9(13)7(3-12)15-10(16)17/h1-2,4H,5,13H2,(H,15,17). The first kappa shape index (κ1) is 11.2. The maximum atomic E-state index is 11.5. The monoisotopic (exact) mass is 249 g/mol. The lowest BCUT2D eigenvalue weighted by molar-refractivity contribution is 0.768. The molecular formula is C10H8ClN5O. The zero-order valence-corrected chi connectivity index (χ0v) is 9.40. The van der Waals surface area contributed by atoms with E-state index in [1.165, 1.54) is 4.57 Å². The number of nitrogens with two attached hydrogens (primary N) is 1. The molecule has 17 heavy (non-hydrogen) atoms. The van der Waals surface area contributed by atoms with E-state index in [-0.39, 0.29) is 18.1 Å². The number of pyridine rings is 1. The summed E-state index contributed by atoms with van der Waals surface area (Å²) in [6.07, 6.45) is 1.55. The SMILES string of the molecule is N#Cc1[nH]c(=O)n(Cc2ccc(Cl)nc2)c1N. The second-order valence-corrected chi connectivity index (χ2v) is 3.76. The topological polar surface area (TPSA) is 100 Å². The third-order valence-corrected chi connectivity index (χ3v) is 2.49. The van der Waals surface area contributed by atoms with Crippen molar-refractivity contribution in [2.45, 2.75) is 6.54 Å². The van der Waals surface area contributed by atoms with Gasteiger partial charge in [0.25, 0.3) is 0 Å². The van der Waals surface area contributed by atoms with Crippen LogP contribution in [0.25, 0.3) is 0 Å². The molecule has 3 N–H and O–H groups in total. The molecule has 2 aromatic heterocycles. The van der Waals surface area contributed by atoms with Crippen molar-refractivity contribution in [3.63, 3.8) is 0 Å². The molecule has 0 aliphatic rings. The number of nitriles is 1. The maximum Gasteiger partial charge on any atom is 0.328 e. The van der Waals surface area contributed by atoms with Crippen LogP contribution < -0.4 is 11.4 Å².